The zero-order valence-corrected chi connectivity index (χ0v) is 21.9. The van der Waals surface area contributed by atoms with Crippen LogP contribution in [0.25, 0.3) is 11.4 Å². The van der Waals surface area contributed by atoms with E-state index in [1.165, 1.54) is 11.6 Å². The zero-order chi connectivity index (χ0) is 24.6. The van der Waals surface area contributed by atoms with Gasteiger partial charge in [0.05, 0.1) is 11.6 Å². The van der Waals surface area contributed by atoms with Crippen molar-refractivity contribution in [2.45, 2.75) is 51.6 Å². The van der Waals surface area contributed by atoms with Crippen molar-refractivity contribution < 1.29 is 9.22 Å². The van der Waals surface area contributed by atoms with E-state index >= 15 is 0 Å². The number of benzene rings is 1. The Morgan fingerprint density at radius 2 is 1.77 bits per heavy atom. The number of hydrogen-bond acceptors (Lipinski definition) is 5. The van der Waals surface area contributed by atoms with Gasteiger partial charge in [0.25, 0.3) is 5.91 Å². The molecule has 1 amide bonds. The van der Waals surface area contributed by atoms with Crippen molar-refractivity contribution in [3.63, 3.8) is 0 Å². The molecule has 3 aromatic rings. The third-order valence-electron chi connectivity index (χ3n) is 6.96. The molecular formula is C28H33N4O2Si+. The Morgan fingerprint density at radius 1 is 1.03 bits per heavy atom. The molecule has 3 heterocycles. The number of nitrogens with zero attached hydrogens (tertiary/aromatic N) is 4. The van der Waals surface area contributed by atoms with Gasteiger partial charge in [-0.1, -0.05) is 18.2 Å². The van der Waals surface area contributed by atoms with Crippen LogP contribution in [0, 0.1) is 18.8 Å². The van der Waals surface area contributed by atoms with E-state index in [0.29, 0.717) is 35.5 Å². The third-order valence-corrected chi connectivity index (χ3v) is 9.63. The highest BCUT2D eigenvalue weighted by atomic mass is 28.3. The fourth-order valence-corrected chi connectivity index (χ4v) is 7.40. The number of aromatic nitrogens is 3. The molecule has 0 bridgehead atoms. The van der Waals surface area contributed by atoms with Crippen molar-refractivity contribution in [1.29, 1.82) is 0 Å². The fraction of sp³-hybridized carbons (Fsp3) is 0.429. The molecule has 6 nitrogen and oxygen atoms in total. The Morgan fingerprint density at radius 3 is 2.49 bits per heavy atom. The topological polar surface area (TPSA) is 68.2 Å². The van der Waals surface area contributed by atoms with E-state index in [1.54, 1.807) is 18.5 Å². The number of carbonyl (C=O) groups is 1. The number of amides is 1. The largest absolute Gasteiger partial charge is 0.517 e. The molecule has 35 heavy (non-hydrogen) atoms. The second-order valence-corrected chi connectivity index (χ2v) is 13.8. The smallest absolute Gasteiger partial charge is 0.332 e. The maximum atomic E-state index is 14.0. The fourth-order valence-electron chi connectivity index (χ4n) is 5.08. The van der Waals surface area contributed by atoms with Gasteiger partial charge >= 0.3 is 9.04 Å². The van der Waals surface area contributed by atoms with Crippen LogP contribution < -0.4 is 5.19 Å². The Bertz CT molecular complexity index is 1180. The van der Waals surface area contributed by atoms with Gasteiger partial charge in [0.15, 0.2) is 5.82 Å². The average molecular weight is 486 g/mol. The first kappa shape index (κ1) is 23.8. The van der Waals surface area contributed by atoms with Crippen molar-refractivity contribution in [2.24, 2.45) is 11.8 Å². The standard InChI is InChI=1S/C28H33N4O2Si/c1-19-11-12-24(26-29-13-8-14-30-26)25(31-19)27(33)32-17-21-15-20(21)16-22(32)18-34-35(28(2,3)4)23-9-6-5-7-10-23/h5-14,20-22H,15-18H2,1-4H3/q+1/t20?,21-,22?/m0/s1. The second-order valence-electron chi connectivity index (χ2n) is 10.8. The van der Waals surface area contributed by atoms with Gasteiger partial charge in [-0.25, -0.2) is 19.4 Å². The molecule has 2 aliphatic rings. The van der Waals surface area contributed by atoms with E-state index in [1.807, 2.05) is 30.0 Å². The molecule has 7 heteroatoms. The molecule has 3 atom stereocenters. The maximum Gasteiger partial charge on any atom is 0.517 e. The summed E-state index contributed by atoms with van der Waals surface area (Å²) in [5.41, 5.74) is 1.93. The minimum absolute atomic E-state index is 0.0353. The van der Waals surface area contributed by atoms with E-state index in [4.69, 9.17) is 4.43 Å². The lowest BCUT2D eigenvalue weighted by molar-refractivity contribution is 0.0503. The normalized spacial score (nSPS) is 21.4. The Hall–Kier alpha value is -2.90. The van der Waals surface area contributed by atoms with Gasteiger partial charge in [0.1, 0.15) is 22.5 Å². The van der Waals surface area contributed by atoms with Gasteiger partial charge < -0.3 is 4.90 Å². The van der Waals surface area contributed by atoms with Crippen LogP contribution in [0.2, 0.25) is 5.04 Å². The van der Waals surface area contributed by atoms with Crippen LogP contribution in [0.4, 0.5) is 0 Å². The van der Waals surface area contributed by atoms with E-state index in [2.05, 4.69) is 60.0 Å². The summed E-state index contributed by atoms with van der Waals surface area (Å²) in [5, 5.41) is 1.31. The lowest BCUT2D eigenvalue weighted by Crippen LogP contribution is -2.50. The van der Waals surface area contributed by atoms with Crippen LogP contribution in [0.3, 0.4) is 0 Å². The van der Waals surface area contributed by atoms with Gasteiger partial charge in [-0.05, 0) is 82.7 Å². The molecule has 0 N–H and O–H groups in total. The lowest BCUT2D eigenvalue weighted by Gasteiger charge is -2.35. The minimum Gasteiger partial charge on any atom is -0.332 e. The molecule has 0 radical (unpaired) electrons. The predicted octanol–water partition coefficient (Wildman–Crippen LogP) is 4.41. The number of hydrogen-bond donors (Lipinski definition) is 0. The number of carbonyl (C=O) groups excluding carboxylic acids is 1. The van der Waals surface area contributed by atoms with Gasteiger partial charge in [-0.2, -0.15) is 0 Å². The van der Waals surface area contributed by atoms with Gasteiger partial charge in [0, 0.05) is 24.6 Å². The summed E-state index contributed by atoms with van der Waals surface area (Å²) in [6.07, 6.45) is 5.59. The summed E-state index contributed by atoms with van der Waals surface area (Å²) in [4.78, 5) is 29.5. The minimum atomic E-state index is -1.28. The summed E-state index contributed by atoms with van der Waals surface area (Å²) in [5.74, 6) is 1.79. The zero-order valence-electron chi connectivity index (χ0n) is 20.9. The summed E-state index contributed by atoms with van der Waals surface area (Å²) in [7, 11) is -1.28. The van der Waals surface area contributed by atoms with E-state index in [0.717, 1.165) is 18.7 Å². The lowest BCUT2D eigenvalue weighted by atomic mass is 10.0. The van der Waals surface area contributed by atoms with Crippen LogP contribution in [-0.2, 0) is 4.43 Å². The SMILES string of the molecule is Cc1ccc(-c2ncccn2)c(C(=O)N2C[C@@H]3CC3CC2CO[Si+](c2ccccc2)C(C)(C)C)n1. The first-order chi connectivity index (χ1) is 16.8. The van der Waals surface area contributed by atoms with E-state index in [-0.39, 0.29) is 17.0 Å². The molecule has 180 valence electrons. The van der Waals surface area contributed by atoms with E-state index in [9.17, 15) is 4.79 Å². The van der Waals surface area contributed by atoms with Crippen molar-refractivity contribution in [3.05, 3.63) is 72.3 Å². The number of likely N-dealkylation sites (tertiary alicyclic amines) is 1. The highest BCUT2D eigenvalue weighted by Crippen LogP contribution is 2.47. The predicted molar refractivity (Wildman–Crippen MR) is 139 cm³/mol. The number of fused-ring (bicyclic) bond motifs is 1. The first-order valence-corrected chi connectivity index (χ1v) is 13.8. The van der Waals surface area contributed by atoms with Crippen molar-refractivity contribution >= 4 is 20.1 Å². The summed E-state index contributed by atoms with van der Waals surface area (Å²) in [6.45, 7) is 9.98. The first-order valence-electron chi connectivity index (χ1n) is 12.4. The van der Waals surface area contributed by atoms with Crippen LogP contribution >= 0.6 is 0 Å². The van der Waals surface area contributed by atoms with E-state index < -0.39 is 9.04 Å². The number of pyridine rings is 1. The third kappa shape index (κ3) is 5.21. The molecule has 0 spiro atoms. The average Bonchev–Trinajstić information content (AvgIpc) is 3.62. The number of rotatable bonds is 6. The molecule has 1 aliphatic carbocycles. The van der Waals surface area contributed by atoms with Crippen LogP contribution in [0.5, 0.6) is 0 Å². The highest BCUT2D eigenvalue weighted by Gasteiger charge is 2.51. The number of piperidine rings is 1. The molecule has 5 rings (SSSR count). The molecule has 2 unspecified atom stereocenters. The Balaban J connectivity index is 1.41. The summed E-state index contributed by atoms with van der Waals surface area (Å²) >= 11 is 0. The molecular weight excluding hydrogens is 452 g/mol. The highest BCUT2D eigenvalue weighted by molar-refractivity contribution is 6.70. The molecule has 1 aliphatic heterocycles. The molecule has 1 saturated heterocycles. The van der Waals surface area contributed by atoms with Crippen LogP contribution in [0.15, 0.2) is 60.9 Å². The quantitative estimate of drug-likeness (QED) is 0.484. The number of aryl methyl sites for hydroxylation is 1. The molecule has 1 saturated carbocycles. The van der Waals surface area contributed by atoms with Crippen molar-refractivity contribution in [1.82, 2.24) is 19.9 Å². The van der Waals surface area contributed by atoms with Gasteiger partial charge in [-0.15, -0.1) is 0 Å². The van der Waals surface area contributed by atoms with Gasteiger partial charge in [0.2, 0.25) is 0 Å². The van der Waals surface area contributed by atoms with Crippen LogP contribution in [0.1, 0.15) is 49.8 Å². The van der Waals surface area contributed by atoms with Crippen molar-refractivity contribution in [3.8, 4) is 11.4 Å². The molecule has 2 fully saturated rings. The summed E-state index contributed by atoms with van der Waals surface area (Å²) < 4.78 is 6.72. The second kappa shape index (κ2) is 9.63. The monoisotopic (exact) mass is 485 g/mol. The Kier molecular flexibility index (Phi) is 6.55. The maximum absolute atomic E-state index is 14.0. The summed E-state index contributed by atoms with van der Waals surface area (Å²) in [6, 6.07) is 16.2. The van der Waals surface area contributed by atoms with Crippen LogP contribution in [-0.4, -0.2) is 54.0 Å². The van der Waals surface area contributed by atoms with Crippen molar-refractivity contribution in [2.75, 3.05) is 13.2 Å². The molecule has 1 aromatic carbocycles. The Labute approximate surface area is 209 Å². The van der Waals surface area contributed by atoms with Gasteiger partial charge in [-0.3, -0.25) is 4.79 Å². The molecule has 2 aromatic heterocycles.